The molecule has 2 fully saturated rings. The Morgan fingerprint density at radius 2 is 1.50 bits per heavy atom. The molecule has 0 amide bonds. The zero-order valence-corrected chi connectivity index (χ0v) is 17.2. The molecule has 2 nitrogen and oxygen atoms in total. The Labute approximate surface area is 170 Å². The van der Waals surface area contributed by atoms with E-state index in [4.69, 9.17) is 9.47 Å². The molecule has 2 aliphatic carbocycles. The van der Waals surface area contributed by atoms with Crippen molar-refractivity contribution in [3.63, 3.8) is 0 Å². The van der Waals surface area contributed by atoms with Crippen LogP contribution < -0.4 is 0 Å². The second kappa shape index (κ2) is 9.24. The molecule has 4 rings (SSSR count). The zero-order chi connectivity index (χ0) is 19.2. The first-order valence-electron chi connectivity index (χ1n) is 11.1. The van der Waals surface area contributed by atoms with Gasteiger partial charge in [-0.15, -0.1) is 0 Å². The highest BCUT2D eigenvalue weighted by Gasteiger charge is 2.78. The third-order valence-corrected chi connectivity index (χ3v) is 6.77. The summed E-state index contributed by atoms with van der Waals surface area (Å²) in [5, 5.41) is 0. The van der Waals surface area contributed by atoms with E-state index in [-0.39, 0.29) is 0 Å². The van der Waals surface area contributed by atoms with Crippen LogP contribution in [0.4, 0.5) is 0 Å². The van der Waals surface area contributed by atoms with Crippen molar-refractivity contribution in [2.75, 3.05) is 26.4 Å². The highest BCUT2D eigenvalue weighted by molar-refractivity contribution is 5.46. The molecule has 2 aromatic carbocycles. The van der Waals surface area contributed by atoms with Gasteiger partial charge >= 0.3 is 0 Å². The van der Waals surface area contributed by atoms with Gasteiger partial charge in [0.25, 0.3) is 0 Å². The molecule has 2 heteroatoms. The Morgan fingerprint density at radius 1 is 0.857 bits per heavy atom. The van der Waals surface area contributed by atoms with Crippen LogP contribution in [0.15, 0.2) is 60.7 Å². The number of hydrogen-bond acceptors (Lipinski definition) is 2. The first-order chi connectivity index (χ1) is 13.8. The minimum Gasteiger partial charge on any atom is -0.381 e. The van der Waals surface area contributed by atoms with Crippen LogP contribution in [0.2, 0.25) is 0 Å². The van der Waals surface area contributed by atoms with Crippen molar-refractivity contribution in [3.8, 4) is 0 Å². The van der Waals surface area contributed by atoms with Crippen molar-refractivity contribution in [2.24, 2.45) is 11.8 Å². The third-order valence-electron chi connectivity index (χ3n) is 6.77. The number of unbranched alkanes of at least 4 members (excludes halogenated alkanes) is 3. The summed E-state index contributed by atoms with van der Waals surface area (Å²) in [6, 6.07) is 21.7. The summed E-state index contributed by atoms with van der Waals surface area (Å²) < 4.78 is 11.8. The van der Waals surface area contributed by atoms with Gasteiger partial charge in [-0.25, -0.2) is 0 Å². The quantitative estimate of drug-likeness (QED) is 0.400. The fourth-order valence-electron chi connectivity index (χ4n) is 4.71. The van der Waals surface area contributed by atoms with Gasteiger partial charge in [0.1, 0.15) is 0 Å². The van der Waals surface area contributed by atoms with Gasteiger partial charge < -0.3 is 9.47 Å². The second-order valence-corrected chi connectivity index (χ2v) is 8.70. The summed E-state index contributed by atoms with van der Waals surface area (Å²) in [5.74, 6) is 2.17. The largest absolute Gasteiger partial charge is 0.381 e. The highest BCUT2D eigenvalue weighted by Crippen LogP contribution is 2.79. The lowest BCUT2D eigenvalue weighted by Crippen LogP contribution is -2.11. The van der Waals surface area contributed by atoms with Crippen molar-refractivity contribution in [3.05, 3.63) is 71.8 Å². The van der Waals surface area contributed by atoms with Crippen LogP contribution in [0.25, 0.3) is 0 Å². The van der Waals surface area contributed by atoms with Crippen LogP contribution in [0.5, 0.6) is 0 Å². The van der Waals surface area contributed by atoms with Crippen LogP contribution >= 0.6 is 0 Å². The second-order valence-electron chi connectivity index (χ2n) is 8.70. The zero-order valence-electron chi connectivity index (χ0n) is 17.2. The van der Waals surface area contributed by atoms with E-state index in [0.29, 0.717) is 11.3 Å². The Bertz CT molecular complexity index is 714. The molecule has 2 unspecified atom stereocenters. The first kappa shape index (κ1) is 19.7. The molecule has 28 heavy (non-hydrogen) atoms. The van der Waals surface area contributed by atoms with Gasteiger partial charge in [-0.05, 0) is 42.2 Å². The highest BCUT2D eigenvalue weighted by atomic mass is 16.5. The Hall–Kier alpha value is -1.64. The van der Waals surface area contributed by atoms with E-state index in [2.05, 4.69) is 67.6 Å². The monoisotopic (exact) mass is 378 g/mol. The lowest BCUT2D eigenvalue weighted by Gasteiger charge is -2.13. The van der Waals surface area contributed by atoms with Crippen LogP contribution in [0.1, 0.15) is 56.1 Å². The predicted octanol–water partition coefficient (Wildman–Crippen LogP) is 5.97. The number of fused-ring (bicyclic) bond motifs is 1. The summed E-state index contributed by atoms with van der Waals surface area (Å²) in [5.41, 5.74) is 3.41. The molecular weight excluding hydrogens is 344 g/mol. The van der Waals surface area contributed by atoms with Gasteiger partial charge in [-0.1, -0.05) is 80.4 Å². The summed E-state index contributed by atoms with van der Waals surface area (Å²) in [4.78, 5) is 0. The van der Waals surface area contributed by atoms with Gasteiger partial charge in [-0.2, -0.15) is 0 Å². The molecule has 2 saturated carbocycles. The molecule has 2 aliphatic rings. The van der Waals surface area contributed by atoms with E-state index >= 15 is 0 Å². The molecule has 0 spiro atoms. The van der Waals surface area contributed by atoms with Crippen molar-refractivity contribution in [2.45, 2.75) is 50.4 Å². The van der Waals surface area contributed by atoms with E-state index < -0.39 is 0 Å². The van der Waals surface area contributed by atoms with Gasteiger partial charge in [0.05, 0.1) is 13.2 Å². The van der Waals surface area contributed by atoms with Crippen LogP contribution in [0.3, 0.4) is 0 Å². The number of benzene rings is 2. The molecule has 0 bridgehead atoms. The Kier molecular flexibility index (Phi) is 6.49. The lowest BCUT2D eigenvalue weighted by molar-refractivity contribution is 0.102. The van der Waals surface area contributed by atoms with Crippen LogP contribution in [0, 0.1) is 11.8 Å². The van der Waals surface area contributed by atoms with E-state index in [1.54, 1.807) is 0 Å². The molecule has 0 radical (unpaired) electrons. The molecule has 150 valence electrons. The summed E-state index contributed by atoms with van der Waals surface area (Å²) in [6.07, 6.45) is 6.20. The number of hydrogen-bond donors (Lipinski definition) is 0. The minimum atomic E-state index is 0.474. The average molecular weight is 379 g/mol. The smallest absolute Gasteiger partial charge is 0.0532 e. The molecular formula is C26H34O2. The normalized spacial score (nSPS) is 25.9. The number of ether oxygens (including phenoxy) is 2. The molecule has 2 aromatic rings. The molecule has 0 aliphatic heterocycles. The molecule has 0 aromatic heterocycles. The van der Waals surface area contributed by atoms with Crippen LogP contribution in [-0.2, 0) is 14.9 Å². The fourth-order valence-corrected chi connectivity index (χ4v) is 4.71. The molecule has 0 saturated heterocycles. The van der Waals surface area contributed by atoms with Gasteiger partial charge in [0.15, 0.2) is 0 Å². The Balaban J connectivity index is 0.977. The lowest BCUT2D eigenvalue weighted by atomic mass is 9.98. The maximum atomic E-state index is 5.98. The number of rotatable bonds is 13. The van der Waals surface area contributed by atoms with E-state index in [9.17, 15) is 0 Å². The van der Waals surface area contributed by atoms with Gasteiger partial charge in [0, 0.05) is 24.5 Å². The van der Waals surface area contributed by atoms with E-state index in [1.165, 1.54) is 36.8 Å². The van der Waals surface area contributed by atoms with Gasteiger partial charge in [0.2, 0.25) is 0 Å². The maximum Gasteiger partial charge on any atom is 0.0532 e. The van der Waals surface area contributed by atoms with Crippen molar-refractivity contribution in [1.82, 2.24) is 0 Å². The molecule has 0 N–H and O–H groups in total. The predicted molar refractivity (Wildman–Crippen MR) is 115 cm³/mol. The SMILES string of the molecule is C[C@H](COCCCCCCOCC1C2C[C@]12c1ccccc1)c1ccccc1. The molecule has 0 heterocycles. The van der Waals surface area contributed by atoms with Crippen molar-refractivity contribution < 1.29 is 9.47 Å². The molecule has 4 atom stereocenters. The summed E-state index contributed by atoms with van der Waals surface area (Å²) >= 11 is 0. The summed E-state index contributed by atoms with van der Waals surface area (Å²) in [7, 11) is 0. The standard InChI is InChI=1S/C26H34O2/c1-21(22-12-6-4-7-13-22)19-27-16-10-2-3-11-17-28-20-25-24-18-26(24,25)23-14-8-5-9-15-23/h4-9,12-15,21,24-25H,2-3,10-11,16-20H2,1H3/t21-,24?,25?,26-/m1/s1. The van der Waals surface area contributed by atoms with E-state index in [1.807, 2.05) is 0 Å². The van der Waals surface area contributed by atoms with Crippen molar-refractivity contribution in [1.29, 1.82) is 0 Å². The third kappa shape index (κ3) is 4.50. The first-order valence-corrected chi connectivity index (χ1v) is 11.1. The Morgan fingerprint density at radius 3 is 2.18 bits per heavy atom. The maximum absolute atomic E-state index is 5.98. The van der Waals surface area contributed by atoms with Gasteiger partial charge in [-0.3, -0.25) is 0 Å². The van der Waals surface area contributed by atoms with E-state index in [0.717, 1.165) is 44.7 Å². The average Bonchev–Trinajstić information content (AvgIpc) is 3.63. The topological polar surface area (TPSA) is 18.5 Å². The minimum absolute atomic E-state index is 0.474. The van der Waals surface area contributed by atoms with Crippen LogP contribution in [-0.4, -0.2) is 26.4 Å². The van der Waals surface area contributed by atoms with Crippen molar-refractivity contribution >= 4 is 0 Å². The summed E-state index contributed by atoms with van der Waals surface area (Å²) in [6.45, 7) is 5.80. The fraction of sp³-hybridized carbons (Fsp3) is 0.538.